The highest BCUT2D eigenvalue weighted by Gasteiger charge is 2.11. The average molecular weight is 217 g/mol. The lowest BCUT2D eigenvalue weighted by atomic mass is 10.1. The molecule has 82 valence electrons. The topological polar surface area (TPSA) is 76.2 Å². The Bertz CT molecular complexity index is 514. The maximum absolute atomic E-state index is 9.02. The van der Waals surface area contributed by atoms with Gasteiger partial charge in [-0.15, -0.1) is 5.10 Å². The van der Waals surface area contributed by atoms with Crippen molar-refractivity contribution in [3.05, 3.63) is 41.2 Å². The molecule has 0 aliphatic carbocycles. The lowest BCUT2D eigenvalue weighted by Gasteiger charge is -2.04. The van der Waals surface area contributed by atoms with Crippen LogP contribution >= 0.6 is 0 Å². The van der Waals surface area contributed by atoms with Crippen molar-refractivity contribution in [3.8, 4) is 0 Å². The molecule has 1 aromatic carbocycles. The third kappa shape index (κ3) is 1.77. The van der Waals surface area contributed by atoms with E-state index in [0.29, 0.717) is 11.7 Å². The van der Waals surface area contributed by atoms with E-state index in [9.17, 15) is 0 Å². The van der Waals surface area contributed by atoms with Crippen LogP contribution in [-0.4, -0.2) is 31.3 Å². The first-order valence-corrected chi connectivity index (χ1v) is 4.77. The number of tetrazole rings is 1. The number of oxime groups is 1. The summed E-state index contributed by atoms with van der Waals surface area (Å²) in [5.41, 5.74) is 1.89. The highest BCUT2D eigenvalue weighted by Crippen LogP contribution is 2.06. The molecule has 0 atom stereocenters. The summed E-state index contributed by atoms with van der Waals surface area (Å²) in [7, 11) is 0. The summed E-state index contributed by atoms with van der Waals surface area (Å²) in [4.78, 5) is 0. The van der Waals surface area contributed by atoms with Crippen molar-refractivity contribution in [2.75, 3.05) is 0 Å². The highest BCUT2D eigenvalue weighted by molar-refractivity contribution is 5.99. The van der Waals surface area contributed by atoms with Crippen molar-refractivity contribution in [1.82, 2.24) is 20.2 Å². The van der Waals surface area contributed by atoms with Crippen molar-refractivity contribution >= 4 is 5.84 Å². The van der Waals surface area contributed by atoms with E-state index in [-0.39, 0.29) is 0 Å². The van der Waals surface area contributed by atoms with E-state index in [1.807, 2.05) is 31.2 Å². The van der Waals surface area contributed by atoms with Crippen LogP contribution in [0.3, 0.4) is 0 Å². The summed E-state index contributed by atoms with van der Waals surface area (Å²) in [6.45, 7) is 3.72. The van der Waals surface area contributed by atoms with Gasteiger partial charge >= 0.3 is 0 Å². The molecule has 0 unspecified atom stereocenters. The van der Waals surface area contributed by atoms with Crippen LogP contribution in [0.25, 0.3) is 0 Å². The minimum absolute atomic E-state index is 0.308. The van der Waals surface area contributed by atoms with Gasteiger partial charge in [0.15, 0.2) is 5.82 Å². The molecule has 1 heterocycles. The molecule has 2 aromatic rings. The Morgan fingerprint density at radius 1 is 1.25 bits per heavy atom. The largest absolute Gasteiger partial charge is 0.409 e. The third-order valence-electron chi connectivity index (χ3n) is 2.23. The molecule has 6 nitrogen and oxygen atoms in total. The van der Waals surface area contributed by atoms with E-state index < -0.39 is 0 Å². The number of rotatable bonds is 1. The summed E-state index contributed by atoms with van der Waals surface area (Å²) in [5, 5.41) is 23.2. The first-order valence-electron chi connectivity index (χ1n) is 4.77. The first kappa shape index (κ1) is 10.3. The van der Waals surface area contributed by atoms with Gasteiger partial charge in [0.25, 0.3) is 0 Å². The Labute approximate surface area is 92.2 Å². The standard InChI is InChI=1S/C10H11N5O/c1-7-3-5-9(6-4-7)10(12-16)15-8(2)11-13-14-15/h3-6,16H,1-2H3. The molecule has 1 N–H and O–H groups in total. The summed E-state index contributed by atoms with van der Waals surface area (Å²) in [5.74, 6) is 0.871. The molecule has 1 aromatic heterocycles. The molecule has 0 aliphatic rings. The van der Waals surface area contributed by atoms with E-state index in [1.54, 1.807) is 6.92 Å². The maximum atomic E-state index is 9.02. The van der Waals surface area contributed by atoms with Gasteiger partial charge in [-0.1, -0.05) is 35.0 Å². The summed E-state index contributed by atoms with van der Waals surface area (Å²) < 4.78 is 1.38. The molecular weight excluding hydrogens is 206 g/mol. The van der Waals surface area contributed by atoms with Crippen molar-refractivity contribution in [2.24, 2.45) is 5.16 Å². The molecule has 0 spiro atoms. The molecule has 0 fully saturated rings. The van der Waals surface area contributed by atoms with Gasteiger partial charge in [-0.3, -0.25) is 0 Å². The van der Waals surface area contributed by atoms with Gasteiger partial charge in [-0.2, -0.15) is 4.68 Å². The van der Waals surface area contributed by atoms with Crippen LogP contribution in [0.15, 0.2) is 29.4 Å². The van der Waals surface area contributed by atoms with Crippen molar-refractivity contribution in [3.63, 3.8) is 0 Å². The molecule has 0 saturated heterocycles. The first-order chi connectivity index (χ1) is 7.72. The minimum Gasteiger partial charge on any atom is -0.409 e. The lowest BCUT2D eigenvalue weighted by molar-refractivity contribution is 0.316. The number of hydrogen-bond acceptors (Lipinski definition) is 5. The van der Waals surface area contributed by atoms with E-state index >= 15 is 0 Å². The maximum Gasteiger partial charge on any atom is 0.203 e. The Morgan fingerprint density at radius 2 is 1.94 bits per heavy atom. The summed E-state index contributed by atoms with van der Waals surface area (Å²) in [6, 6.07) is 7.57. The zero-order chi connectivity index (χ0) is 11.5. The second kappa shape index (κ2) is 4.09. The fourth-order valence-electron chi connectivity index (χ4n) is 1.35. The molecule has 6 heteroatoms. The molecule has 0 bridgehead atoms. The average Bonchev–Trinajstić information content (AvgIpc) is 2.69. The van der Waals surface area contributed by atoms with E-state index in [2.05, 4.69) is 20.7 Å². The van der Waals surface area contributed by atoms with E-state index in [1.165, 1.54) is 4.68 Å². The fraction of sp³-hybridized carbons (Fsp3) is 0.200. The SMILES string of the molecule is Cc1ccc(C(=NO)n2nnnc2C)cc1. The van der Waals surface area contributed by atoms with Crippen LogP contribution in [0.5, 0.6) is 0 Å². The Morgan fingerprint density at radius 3 is 2.44 bits per heavy atom. The van der Waals surface area contributed by atoms with Crippen LogP contribution in [0, 0.1) is 13.8 Å². The van der Waals surface area contributed by atoms with E-state index in [0.717, 1.165) is 11.1 Å². The van der Waals surface area contributed by atoms with Gasteiger partial charge in [0.1, 0.15) is 0 Å². The zero-order valence-electron chi connectivity index (χ0n) is 8.99. The van der Waals surface area contributed by atoms with Crippen molar-refractivity contribution in [1.29, 1.82) is 0 Å². The minimum atomic E-state index is 0.308. The Hall–Kier alpha value is -2.24. The van der Waals surface area contributed by atoms with Crippen LogP contribution in [-0.2, 0) is 0 Å². The van der Waals surface area contributed by atoms with Gasteiger partial charge in [0.2, 0.25) is 5.84 Å². The zero-order valence-corrected chi connectivity index (χ0v) is 8.99. The lowest BCUT2D eigenvalue weighted by Crippen LogP contribution is -2.17. The molecule has 16 heavy (non-hydrogen) atoms. The van der Waals surface area contributed by atoms with Gasteiger partial charge in [0.05, 0.1) is 0 Å². The fourth-order valence-corrected chi connectivity index (χ4v) is 1.35. The van der Waals surface area contributed by atoms with Gasteiger partial charge < -0.3 is 5.21 Å². The van der Waals surface area contributed by atoms with Crippen LogP contribution in [0.4, 0.5) is 0 Å². The third-order valence-corrected chi connectivity index (χ3v) is 2.23. The van der Waals surface area contributed by atoms with Crippen molar-refractivity contribution < 1.29 is 5.21 Å². The number of hydrogen-bond donors (Lipinski definition) is 1. The molecule has 0 amide bonds. The smallest absolute Gasteiger partial charge is 0.203 e. The van der Waals surface area contributed by atoms with Gasteiger partial charge in [0, 0.05) is 5.56 Å². The number of benzene rings is 1. The number of nitrogens with zero attached hydrogens (tertiary/aromatic N) is 5. The van der Waals surface area contributed by atoms with Crippen LogP contribution in [0.2, 0.25) is 0 Å². The number of aryl methyl sites for hydroxylation is 2. The van der Waals surface area contributed by atoms with Crippen LogP contribution in [0.1, 0.15) is 17.0 Å². The van der Waals surface area contributed by atoms with E-state index in [4.69, 9.17) is 5.21 Å². The summed E-state index contributed by atoms with van der Waals surface area (Å²) >= 11 is 0. The molecule has 0 aliphatic heterocycles. The predicted octanol–water partition coefficient (Wildman–Crippen LogP) is 0.974. The quantitative estimate of drug-likeness (QED) is 0.334. The second-order valence-electron chi connectivity index (χ2n) is 3.43. The van der Waals surface area contributed by atoms with Crippen molar-refractivity contribution in [2.45, 2.75) is 13.8 Å². The second-order valence-corrected chi connectivity index (χ2v) is 3.43. The van der Waals surface area contributed by atoms with Gasteiger partial charge in [-0.05, 0) is 24.3 Å². The predicted molar refractivity (Wildman–Crippen MR) is 57.5 cm³/mol. The van der Waals surface area contributed by atoms with Crippen LogP contribution < -0.4 is 0 Å². The normalized spacial score (nSPS) is 11.8. The monoisotopic (exact) mass is 217 g/mol. The molecule has 2 rings (SSSR count). The van der Waals surface area contributed by atoms with Gasteiger partial charge in [-0.25, -0.2) is 0 Å². The summed E-state index contributed by atoms with van der Waals surface area (Å²) in [6.07, 6.45) is 0. The number of aromatic nitrogens is 4. The Balaban J connectivity index is 2.46. The Kier molecular flexibility index (Phi) is 2.63. The molecule has 0 saturated carbocycles. The highest BCUT2D eigenvalue weighted by atomic mass is 16.4. The molecule has 0 radical (unpaired) electrons. The molecular formula is C10H11N5O.